The maximum Gasteiger partial charge on any atom is 0.247 e. The van der Waals surface area contributed by atoms with Crippen molar-refractivity contribution >= 4 is 10.0 Å². The summed E-state index contributed by atoms with van der Waals surface area (Å²) in [7, 11) is -3.60. The van der Waals surface area contributed by atoms with Crippen LogP contribution in [0, 0.1) is 20.8 Å². The predicted molar refractivity (Wildman–Crippen MR) is 104 cm³/mol. The van der Waals surface area contributed by atoms with Gasteiger partial charge in [0.2, 0.25) is 10.0 Å². The molecule has 1 aromatic heterocycles. The van der Waals surface area contributed by atoms with Gasteiger partial charge in [0, 0.05) is 6.54 Å². The van der Waals surface area contributed by atoms with E-state index in [1.807, 2.05) is 63.6 Å². The molecule has 1 aliphatic rings. The van der Waals surface area contributed by atoms with Crippen molar-refractivity contribution in [3.8, 4) is 0 Å². The average molecular weight is 376 g/mol. The normalized spacial score (nSPS) is 19.2. The summed E-state index contributed by atoms with van der Waals surface area (Å²) < 4.78 is 30.7. The molecule has 2 aromatic rings. The van der Waals surface area contributed by atoms with Crippen molar-refractivity contribution in [2.75, 3.05) is 6.54 Å². The van der Waals surface area contributed by atoms with E-state index in [1.165, 1.54) is 0 Å². The molecule has 3 rings (SSSR count). The quantitative estimate of drug-likeness (QED) is 0.812. The van der Waals surface area contributed by atoms with Crippen molar-refractivity contribution in [3.05, 3.63) is 46.8 Å². The van der Waals surface area contributed by atoms with Crippen LogP contribution in [0.2, 0.25) is 0 Å². The van der Waals surface area contributed by atoms with E-state index in [0.29, 0.717) is 22.8 Å². The highest BCUT2D eigenvalue weighted by Gasteiger charge is 2.40. The number of nitrogens with zero attached hydrogens (tertiary/aromatic N) is 3. The van der Waals surface area contributed by atoms with Gasteiger partial charge in [0.05, 0.1) is 23.0 Å². The van der Waals surface area contributed by atoms with Crippen molar-refractivity contribution in [1.82, 2.24) is 14.1 Å². The predicted octanol–water partition coefficient (Wildman–Crippen LogP) is 4.09. The summed E-state index contributed by atoms with van der Waals surface area (Å²) >= 11 is 0. The molecule has 0 N–H and O–H groups in total. The molecule has 26 heavy (non-hydrogen) atoms. The van der Waals surface area contributed by atoms with Crippen LogP contribution in [-0.4, -0.2) is 29.0 Å². The zero-order valence-electron chi connectivity index (χ0n) is 16.6. The van der Waals surface area contributed by atoms with Gasteiger partial charge in [-0.3, -0.25) is 4.68 Å². The van der Waals surface area contributed by atoms with E-state index in [-0.39, 0.29) is 11.6 Å². The van der Waals surface area contributed by atoms with Crippen molar-refractivity contribution < 1.29 is 8.42 Å². The van der Waals surface area contributed by atoms with Crippen LogP contribution in [0.4, 0.5) is 0 Å². The average Bonchev–Trinajstić information content (AvgIpc) is 3.12. The second kappa shape index (κ2) is 6.50. The third-order valence-corrected chi connectivity index (χ3v) is 7.34. The summed E-state index contributed by atoms with van der Waals surface area (Å²) in [5.74, 6) is 0. The lowest BCUT2D eigenvalue weighted by atomic mass is 10.0. The fraction of sp³-hybridized carbons (Fsp3) is 0.550. The van der Waals surface area contributed by atoms with Gasteiger partial charge in [0.1, 0.15) is 4.90 Å². The summed E-state index contributed by atoms with van der Waals surface area (Å²) in [5, 5.41) is 4.55. The van der Waals surface area contributed by atoms with Crippen LogP contribution in [-0.2, 0) is 15.6 Å². The Hall–Kier alpha value is -1.66. The molecule has 0 radical (unpaired) electrons. The number of hydrogen-bond donors (Lipinski definition) is 0. The van der Waals surface area contributed by atoms with Gasteiger partial charge in [-0.2, -0.15) is 9.40 Å². The third-order valence-electron chi connectivity index (χ3n) is 5.18. The molecule has 0 amide bonds. The smallest absolute Gasteiger partial charge is 0.247 e. The largest absolute Gasteiger partial charge is 0.263 e. The van der Waals surface area contributed by atoms with Crippen molar-refractivity contribution in [1.29, 1.82) is 0 Å². The Morgan fingerprint density at radius 2 is 1.77 bits per heavy atom. The minimum atomic E-state index is -3.60. The molecule has 1 unspecified atom stereocenters. The van der Waals surface area contributed by atoms with E-state index >= 15 is 0 Å². The number of benzene rings is 1. The summed E-state index contributed by atoms with van der Waals surface area (Å²) in [5.41, 5.74) is 3.27. The van der Waals surface area contributed by atoms with Crippen LogP contribution in [0.3, 0.4) is 0 Å². The van der Waals surface area contributed by atoms with Gasteiger partial charge in [0.25, 0.3) is 0 Å². The number of aromatic nitrogens is 2. The van der Waals surface area contributed by atoms with Gasteiger partial charge in [0.15, 0.2) is 0 Å². The van der Waals surface area contributed by atoms with Crippen LogP contribution in [0.15, 0.2) is 29.2 Å². The first-order chi connectivity index (χ1) is 12.0. The number of rotatable bonds is 3. The third kappa shape index (κ3) is 3.09. The maximum atomic E-state index is 13.6. The van der Waals surface area contributed by atoms with Gasteiger partial charge in [-0.05, 0) is 65.5 Å². The molecular formula is C20H29N3O2S. The van der Waals surface area contributed by atoms with E-state index in [9.17, 15) is 8.42 Å². The molecule has 1 saturated heterocycles. The van der Waals surface area contributed by atoms with Gasteiger partial charge < -0.3 is 0 Å². The van der Waals surface area contributed by atoms with E-state index in [4.69, 9.17) is 0 Å². The van der Waals surface area contributed by atoms with E-state index < -0.39 is 10.0 Å². The summed E-state index contributed by atoms with van der Waals surface area (Å²) in [6.07, 6.45) is 1.74. The Bertz CT molecular complexity index is 923. The topological polar surface area (TPSA) is 55.2 Å². The lowest BCUT2D eigenvalue weighted by molar-refractivity contribution is 0.345. The minimum Gasteiger partial charge on any atom is -0.263 e. The summed E-state index contributed by atoms with van der Waals surface area (Å²) in [4.78, 5) is 0.368. The molecule has 2 heterocycles. The Kier molecular flexibility index (Phi) is 4.78. The molecule has 0 saturated carbocycles. The van der Waals surface area contributed by atoms with Crippen LogP contribution in [0.25, 0.3) is 0 Å². The molecule has 0 aliphatic carbocycles. The maximum absolute atomic E-state index is 13.6. The fourth-order valence-electron chi connectivity index (χ4n) is 4.07. The lowest BCUT2D eigenvalue weighted by Crippen LogP contribution is -2.32. The molecule has 1 fully saturated rings. The Morgan fingerprint density at radius 3 is 2.35 bits per heavy atom. The minimum absolute atomic E-state index is 0.0991. The molecular weight excluding hydrogens is 346 g/mol. The zero-order chi connectivity index (χ0) is 19.3. The number of aryl methyl sites for hydroxylation is 2. The first-order valence-electron chi connectivity index (χ1n) is 9.19. The first kappa shape index (κ1) is 19.1. The summed E-state index contributed by atoms with van der Waals surface area (Å²) in [6.45, 7) is 12.4. The van der Waals surface area contributed by atoms with Crippen LogP contribution < -0.4 is 0 Å². The molecule has 0 bridgehead atoms. The standard InChI is InChI=1S/C20H29N3O2S/c1-14-10-7-8-11-17(14)18-12-9-13-22(18)26(24,25)19-15(2)21-23(16(19)3)20(4,5)6/h7-8,10-11,18H,9,12-13H2,1-6H3. The second-order valence-corrected chi connectivity index (χ2v) is 10.0. The second-order valence-electron chi connectivity index (χ2n) is 8.21. The van der Waals surface area contributed by atoms with Crippen molar-refractivity contribution in [3.63, 3.8) is 0 Å². The Morgan fingerprint density at radius 1 is 1.12 bits per heavy atom. The fourth-order valence-corrected chi connectivity index (χ4v) is 6.10. The molecule has 142 valence electrons. The molecule has 1 aliphatic heterocycles. The Balaban J connectivity index is 2.09. The molecule has 1 atom stereocenters. The molecule has 6 heteroatoms. The monoisotopic (exact) mass is 375 g/mol. The highest BCUT2D eigenvalue weighted by atomic mass is 32.2. The van der Waals surface area contributed by atoms with E-state index in [1.54, 1.807) is 11.2 Å². The highest BCUT2D eigenvalue weighted by molar-refractivity contribution is 7.89. The number of hydrogen-bond acceptors (Lipinski definition) is 3. The molecule has 5 nitrogen and oxygen atoms in total. The van der Waals surface area contributed by atoms with Crippen LogP contribution >= 0.6 is 0 Å². The Labute approximate surface area is 157 Å². The van der Waals surface area contributed by atoms with Crippen molar-refractivity contribution in [2.45, 2.75) is 70.9 Å². The van der Waals surface area contributed by atoms with Gasteiger partial charge in [-0.1, -0.05) is 24.3 Å². The lowest BCUT2D eigenvalue weighted by Gasteiger charge is -2.26. The SMILES string of the molecule is Cc1ccccc1C1CCCN1S(=O)(=O)c1c(C)nn(C(C)(C)C)c1C. The summed E-state index contributed by atoms with van der Waals surface area (Å²) in [6, 6.07) is 7.98. The highest BCUT2D eigenvalue weighted by Crippen LogP contribution is 2.39. The van der Waals surface area contributed by atoms with E-state index in [2.05, 4.69) is 5.10 Å². The molecule has 0 spiro atoms. The van der Waals surface area contributed by atoms with Gasteiger partial charge >= 0.3 is 0 Å². The number of sulfonamides is 1. The van der Waals surface area contributed by atoms with Crippen molar-refractivity contribution in [2.24, 2.45) is 0 Å². The van der Waals surface area contributed by atoms with Gasteiger partial charge in [-0.25, -0.2) is 8.42 Å². The van der Waals surface area contributed by atoms with Crippen LogP contribution in [0.5, 0.6) is 0 Å². The zero-order valence-corrected chi connectivity index (χ0v) is 17.4. The van der Waals surface area contributed by atoms with Gasteiger partial charge in [-0.15, -0.1) is 0 Å². The van der Waals surface area contributed by atoms with Crippen LogP contribution in [0.1, 0.15) is 62.2 Å². The van der Waals surface area contributed by atoms with E-state index in [0.717, 1.165) is 24.0 Å². The molecule has 1 aromatic carbocycles. The first-order valence-corrected chi connectivity index (χ1v) is 10.6.